The number of H-pyrrole nitrogens is 1. The number of aromatic amines is 1. The van der Waals surface area contributed by atoms with Crippen LogP contribution in [0.25, 0.3) is 0 Å². The number of rotatable bonds is 4. The molecule has 1 aromatic rings. The summed E-state index contributed by atoms with van der Waals surface area (Å²) in [7, 11) is 0. The number of amides is 1. The van der Waals surface area contributed by atoms with E-state index in [0.717, 1.165) is 0 Å². The Balaban J connectivity index is 1.69. The minimum absolute atomic E-state index is 0.134. The SMILES string of the molecule is O=C(NCCc1ncn[nH]1)C1CCC(F)(F)CC1. The van der Waals surface area contributed by atoms with Crippen molar-refractivity contribution in [1.82, 2.24) is 20.5 Å². The van der Waals surface area contributed by atoms with Crippen molar-refractivity contribution in [3.05, 3.63) is 12.2 Å². The van der Waals surface area contributed by atoms with Crippen LogP contribution in [0, 0.1) is 5.92 Å². The number of aromatic nitrogens is 3. The van der Waals surface area contributed by atoms with Crippen LogP contribution in [-0.4, -0.2) is 33.6 Å². The number of carbonyl (C=O) groups is 1. The van der Waals surface area contributed by atoms with Gasteiger partial charge in [-0.25, -0.2) is 13.8 Å². The molecule has 0 saturated heterocycles. The molecule has 1 fully saturated rings. The van der Waals surface area contributed by atoms with Gasteiger partial charge in [-0.05, 0) is 12.8 Å². The van der Waals surface area contributed by atoms with E-state index < -0.39 is 5.92 Å². The molecule has 0 spiro atoms. The zero-order chi connectivity index (χ0) is 13.0. The van der Waals surface area contributed by atoms with Crippen LogP contribution in [0.2, 0.25) is 0 Å². The number of nitrogens with zero attached hydrogens (tertiary/aromatic N) is 2. The van der Waals surface area contributed by atoms with Gasteiger partial charge in [0.05, 0.1) is 0 Å². The van der Waals surface area contributed by atoms with Gasteiger partial charge in [-0.2, -0.15) is 5.10 Å². The second-order valence-corrected chi connectivity index (χ2v) is 4.60. The average Bonchev–Trinajstić information content (AvgIpc) is 2.82. The van der Waals surface area contributed by atoms with E-state index >= 15 is 0 Å². The van der Waals surface area contributed by atoms with Crippen LogP contribution >= 0.6 is 0 Å². The largest absolute Gasteiger partial charge is 0.355 e. The zero-order valence-corrected chi connectivity index (χ0v) is 9.96. The van der Waals surface area contributed by atoms with Crippen molar-refractivity contribution in [3.63, 3.8) is 0 Å². The molecule has 5 nitrogen and oxygen atoms in total. The molecule has 0 unspecified atom stereocenters. The second kappa shape index (κ2) is 5.41. The first-order valence-corrected chi connectivity index (χ1v) is 6.07. The van der Waals surface area contributed by atoms with Crippen LogP contribution in [0.3, 0.4) is 0 Å². The molecule has 1 aromatic heterocycles. The Morgan fingerprint density at radius 2 is 2.22 bits per heavy atom. The Morgan fingerprint density at radius 1 is 1.50 bits per heavy atom. The summed E-state index contributed by atoms with van der Waals surface area (Å²) in [5.74, 6) is -2.30. The third kappa shape index (κ3) is 3.48. The fourth-order valence-corrected chi connectivity index (χ4v) is 2.10. The Labute approximate surface area is 103 Å². The van der Waals surface area contributed by atoms with Crippen molar-refractivity contribution in [1.29, 1.82) is 0 Å². The summed E-state index contributed by atoms with van der Waals surface area (Å²) in [5, 5.41) is 9.13. The average molecular weight is 258 g/mol. The zero-order valence-electron chi connectivity index (χ0n) is 9.96. The molecule has 2 rings (SSSR count). The van der Waals surface area contributed by atoms with E-state index in [1.807, 2.05) is 0 Å². The summed E-state index contributed by atoms with van der Waals surface area (Å²) >= 11 is 0. The number of hydrogen-bond acceptors (Lipinski definition) is 3. The molecule has 0 aromatic carbocycles. The second-order valence-electron chi connectivity index (χ2n) is 4.60. The molecule has 1 aliphatic rings. The van der Waals surface area contributed by atoms with E-state index in [9.17, 15) is 13.6 Å². The fraction of sp³-hybridized carbons (Fsp3) is 0.727. The summed E-state index contributed by atoms with van der Waals surface area (Å²) in [4.78, 5) is 15.7. The first-order chi connectivity index (χ1) is 8.57. The Morgan fingerprint density at radius 3 is 2.83 bits per heavy atom. The molecule has 1 amide bonds. The molecule has 2 N–H and O–H groups in total. The van der Waals surface area contributed by atoms with Gasteiger partial charge in [-0.15, -0.1) is 0 Å². The van der Waals surface area contributed by atoms with Gasteiger partial charge < -0.3 is 5.32 Å². The van der Waals surface area contributed by atoms with Crippen molar-refractivity contribution in [2.75, 3.05) is 6.54 Å². The van der Waals surface area contributed by atoms with Crippen LogP contribution in [-0.2, 0) is 11.2 Å². The van der Waals surface area contributed by atoms with Crippen LogP contribution in [0.5, 0.6) is 0 Å². The van der Waals surface area contributed by atoms with Crippen molar-refractivity contribution < 1.29 is 13.6 Å². The lowest BCUT2D eigenvalue weighted by Crippen LogP contribution is -2.36. The van der Waals surface area contributed by atoms with E-state index in [4.69, 9.17) is 0 Å². The van der Waals surface area contributed by atoms with E-state index in [1.54, 1.807) is 0 Å². The highest BCUT2D eigenvalue weighted by Crippen LogP contribution is 2.36. The van der Waals surface area contributed by atoms with Gasteiger partial charge in [0.1, 0.15) is 12.2 Å². The minimum Gasteiger partial charge on any atom is -0.355 e. The highest BCUT2D eigenvalue weighted by Gasteiger charge is 2.37. The van der Waals surface area contributed by atoms with E-state index in [1.165, 1.54) is 6.33 Å². The van der Waals surface area contributed by atoms with Crippen molar-refractivity contribution >= 4 is 5.91 Å². The van der Waals surface area contributed by atoms with Crippen LogP contribution in [0.15, 0.2) is 6.33 Å². The normalized spacial score (nSPS) is 19.7. The maximum atomic E-state index is 12.9. The van der Waals surface area contributed by atoms with Crippen molar-refractivity contribution in [2.45, 2.75) is 38.0 Å². The maximum Gasteiger partial charge on any atom is 0.248 e. The topological polar surface area (TPSA) is 70.7 Å². The molecular formula is C11H16F2N4O. The van der Waals surface area contributed by atoms with Crippen LogP contribution < -0.4 is 5.32 Å². The molecular weight excluding hydrogens is 242 g/mol. The lowest BCUT2D eigenvalue weighted by Gasteiger charge is -2.27. The van der Waals surface area contributed by atoms with Gasteiger partial charge in [0.2, 0.25) is 11.8 Å². The number of nitrogens with one attached hydrogen (secondary N) is 2. The molecule has 1 saturated carbocycles. The summed E-state index contributed by atoms with van der Waals surface area (Å²) in [5.41, 5.74) is 0. The number of alkyl halides is 2. The Kier molecular flexibility index (Phi) is 3.88. The maximum absolute atomic E-state index is 12.9. The van der Waals surface area contributed by atoms with Crippen molar-refractivity contribution in [3.8, 4) is 0 Å². The van der Waals surface area contributed by atoms with Gasteiger partial charge >= 0.3 is 0 Å². The molecule has 100 valence electrons. The molecule has 0 radical (unpaired) electrons. The predicted molar refractivity (Wildman–Crippen MR) is 60.0 cm³/mol. The molecule has 1 heterocycles. The quantitative estimate of drug-likeness (QED) is 0.854. The highest BCUT2D eigenvalue weighted by atomic mass is 19.3. The minimum atomic E-state index is -2.59. The van der Waals surface area contributed by atoms with E-state index in [-0.39, 0.29) is 37.5 Å². The number of halogens is 2. The molecule has 7 heteroatoms. The van der Waals surface area contributed by atoms with Gasteiger partial charge in [-0.3, -0.25) is 9.89 Å². The molecule has 0 bridgehead atoms. The smallest absolute Gasteiger partial charge is 0.248 e. The van der Waals surface area contributed by atoms with Crippen molar-refractivity contribution in [2.24, 2.45) is 5.92 Å². The van der Waals surface area contributed by atoms with Crippen LogP contribution in [0.4, 0.5) is 8.78 Å². The first-order valence-electron chi connectivity index (χ1n) is 6.07. The Hall–Kier alpha value is -1.53. The van der Waals surface area contributed by atoms with Gasteiger partial charge in [0, 0.05) is 31.7 Å². The number of carbonyl (C=O) groups excluding carboxylic acids is 1. The molecule has 18 heavy (non-hydrogen) atoms. The summed E-state index contributed by atoms with van der Waals surface area (Å²) in [6.45, 7) is 0.445. The molecule has 1 aliphatic carbocycles. The third-order valence-electron chi connectivity index (χ3n) is 3.21. The molecule has 0 atom stereocenters. The number of hydrogen-bond donors (Lipinski definition) is 2. The standard InChI is InChI=1S/C11H16F2N4O/c12-11(13)4-1-8(2-5-11)10(18)14-6-3-9-15-7-16-17-9/h7-8H,1-6H2,(H,14,18)(H,15,16,17). The summed E-state index contributed by atoms with van der Waals surface area (Å²) < 4.78 is 25.9. The monoisotopic (exact) mass is 258 g/mol. The Bertz CT molecular complexity index is 384. The van der Waals surface area contributed by atoms with E-state index in [0.29, 0.717) is 18.8 Å². The highest BCUT2D eigenvalue weighted by molar-refractivity contribution is 5.78. The summed E-state index contributed by atoms with van der Waals surface area (Å²) in [6.07, 6.45) is 2.12. The van der Waals surface area contributed by atoms with Gasteiger partial charge in [0.15, 0.2) is 0 Å². The van der Waals surface area contributed by atoms with Gasteiger partial charge in [0.25, 0.3) is 0 Å². The van der Waals surface area contributed by atoms with Crippen LogP contribution in [0.1, 0.15) is 31.5 Å². The van der Waals surface area contributed by atoms with Gasteiger partial charge in [-0.1, -0.05) is 0 Å². The lowest BCUT2D eigenvalue weighted by molar-refractivity contribution is -0.129. The fourth-order valence-electron chi connectivity index (χ4n) is 2.10. The third-order valence-corrected chi connectivity index (χ3v) is 3.21. The summed E-state index contributed by atoms with van der Waals surface area (Å²) in [6, 6.07) is 0. The first kappa shape index (κ1) is 12.9. The lowest BCUT2D eigenvalue weighted by atomic mass is 9.86. The van der Waals surface area contributed by atoms with E-state index in [2.05, 4.69) is 20.5 Å². The molecule has 0 aliphatic heterocycles. The predicted octanol–water partition coefficient (Wildman–Crippen LogP) is 1.29.